The van der Waals surface area contributed by atoms with Crippen LogP contribution in [0.2, 0.25) is 0 Å². The minimum Gasteiger partial charge on any atom is -0.342 e. The number of carbonyl (C=O) groups is 2. The van der Waals surface area contributed by atoms with Gasteiger partial charge in [-0.05, 0) is 25.7 Å². The molecule has 102 valence electrons. The molecule has 2 heterocycles. The molecule has 1 unspecified atom stereocenters. The van der Waals surface area contributed by atoms with E-state index < -0.39 is 0 Å². The van der Waals surface area contributed by atoms with Crippen molar-refractivity contribution in [3.8, 4) is 0 Å². The van der Waals surface area contributed by atoms with Gasteiger partial charge in [0.2, 0.25) is 11.8 Å². The van der Waals surface area contributed by atoms with Crippen molar-refractivity contribution in [1.29, 1.82) is 0 Å². The van der Waals surface area contributed by atoms with Crippen LogP contribution in [0.1, 0.15) is 25.7 Å². The Morgan fingerprint density at radius 1 is 1.32 bits per heavy atom. The summed E-state index contributed by atoms with van der Waals surface area (Å²) in [7, 11) is 0. The van der Waals surface area contributed by atoms with Crippen molar-refractivity contribution in [1.82, 2.24) is 15.1 Å². The third-order valence-electron chi connectivity index (χ3n) is 3.79. The van der Waals surface area contributed by atoms with Crippen LogP contribution in [0, 0.1) is 11.8 Å². The van der Waals surface area contributed by atoms with Crippen LogP contribution in [-0.4, -0.2) is 40.0 Å². The second kappa shape index (κ2) is 5.03. The van der Waals surface area contributed by atoms with E-state index in [0.29, 0.717) is 12.4 Å². The second-order valence-corrected chi connectivity index (χ2v) is 5.36. The molecular weight excluding hydrogens is 244 g/mol. The zero-order valence-corrected chi connectivity index (χ0v) is 10.8. The zero-order chi connectivity index (χ0) is 13.2. The van der Waals surface area contributed by atoms with E-state index in [4.69, 9.17) is 0 Å². The van der Waals surface area contributed by atoms with E-state index >= 15 is 0 Å². The second-order valence-electron chi connectivity index (χ2n) is 5.36. The fourth-order valence-electron chi connectivity index (χ4n) is 2.54. The maximum atomic E-state index is 12.1. The molecule has 3 rings (SSSR count). The molecule has 1 saturated heterocycles. The molecule has 2 N–H and O–H groups in total. The number of aromatic nitrogens is 2. The Morgan fingerprint density at radius 2 is 2.16 bits per heavy atom. The van der Waals surface area contributed by atoms with E-state index in [-0.39, 0.29) is 23.7 Å². The first-order valence-electron chi connectivity index (χ1n) is 6.83. The number of rotatable bonds is 3. The van der Waals surface area contributed by atoms with Crippen LogP contribution in [-0.2, 0) is 9.59 Å². The Morgan fingerprint density at radius 3 is 2.84 bits per heavy atom. The molecule has 2 amide bonds. The average molecular weight is 262 g/mol. The van der Waals surface area contributed by atoms with Gasteiger partial charge in [0.1, 0.15) is 5.82 Å². The molecule has 1 aromatic rings. The molecule has 1 aromatic heterocycles. The number of nitrogens with zero attached hydrogens (tertiary/aromatic N) is 2. The number of piperidine rings is 1. The minimum atomic E-state index is -0.111. The van der Waals surface area contributed by atoms with Gasteiger partial charge in [-0.2, -0.15) is 5.10 Å². The van der Waals surface area contributed by atoms with E-state index in [1.54, 1.807) is 12.3 Å². The van der Waals surface area contributed by atoms with Gasteiger partial charge in [-0.15, -0.1) is 0 Å². The summed E-state index contributed by atoms with van der Waals surface area (Å²) in [6.07, 6.45) is 5.37. The van der Waals surface area contributed by atoms with Gasteiger partial charge in [-0.1, -0.05) is 0 Å². The van der Waals surface area contributed by atoms with Gasteiger partial charge in [0.05, 0.1) is 12.1 Å². The van der Waals surface area contributed by atoms with E-state index in [1.165, 1.54) is 0 Å². The molecule has 1 aliphatic carbocycles. The number of likely N-dealkylation sites (tertiary alicyclic amines) is 1. The van der Waals surface area contributed by atoms with Gasteiger partial charge in [-0.3, -0.25) is 14.7 Å². The van der Waals surface area contributed by atoms with Gasteiger partial charge in [0.25, 0.3) is 0 Å². The molecule has 0 spiro atoms. The fourth-order valence-corrected chi connectivity index (χ4v) is 2.54. The monoisotopic (exact) mass is 262 g/mol. The van der Waals surface area contributed by atoms with Crippen molar-refractivity contribution in [2.24, 2.45) is 11.8 Å². The van der Waals surface area contributed by atoms with E-state index in [1.807, 2.05) is 4.90 Å². The lowest BCUT2D eigenvalue weighted by molar-refractivity contribution is -0.135. The van der Waals surface area contributed by atoms with Crippen molar-refractivity contribution < 1.29 is 9.59 Å². The highest BCUT2D eigenvalue weighted by Crippen LogP contribution is 2.32. The van der Waals surface area contributed by atoms with Crippen LogP contribution < -0.4 is 5.32 Å². The number of hydrogen-bond donors (Lipinski definition) is 2. The molecule has 2 fully saturated rings. The van der Waals surface area contributed by atoms with Gasteiger partial charge in [0, 0.05) is 25.1 Å². The molecule has 2 aliphatic rings. The SMILES string of the molecule is O=C(Nc1ccn[nH]1)C1CCCN(C(=O)C2CC2)C1. The molecule has 0 radical (unpaired) electrons. The van der Waals surface area contributed by atoms with Crippen LogP contribution in [0.4, 0.5) is 5.82 Å². The summed E-state index contributed by atoms with van der Waals surface area (Å²) < 4.78 is 0. The number of anilines is 1. The highest BCUT2D eigenvalue weighted by Gasteiger charge is 2.36. The Balaban J connectivity index is 1.58. The van der Waals surface area contributed by atoms with Crippen LogP contribution in [0.5, 0.6) is 0 Å². The highest BCUT2D eigenvalue weighted by molar-refractivity contribution is 5.92. The number of aromatic amines is 1. The van der Waals surface area contributed by atoms with Gasteiger partial charge >= 0.3 is 0 Å². The first-order valence-corrected chi connectivity index (χ1v) is 6.83. The van der Waals surface area contributed by atoms with Crippen molar-refractivity contribution in [2.45, 2.75) is 25.7 Å². The highest BCUT2D eigenvalue weighted by atomic mass is 16.2. The summed E-state index contributed by atoms with van der Waals surface area (Å²) in [4.78, 5) is 26.0. The van der Waals surface area contributed by atoms with Crippen molar-refractivity contribution in [3.05, 3.63) is 12.3 Å². The molecule has 0 bridgehead atoms. The number of H-pyrrole nitrogens is 1. The lowest BCUT2D eigenvalue weighted by Gasteiger charge is -2.32. The van der Waals surface area contributed by atoms with E-state index in [2.05, 4.69) is 15.5 Å². The molecule has 6 heteroatoms. The maximum absolute atomic E-state index is 12.1. The Kier molecular flexibility index (Phi) is 3.23. The standard InChI is InChI=1S/C13H18N4O2/c18-12(15-11-5-6-14-16-11)10-2-1-7-17(8-10)13(19)9-3-4-9/h5-6,9-10H,1-4,7-8H2,(H2,14,15,16,18). The Hall–Kier alpha value is -1.85. The summed E-state index contributed by atoms with van der Waals surface area (Å²) in [6, 6.07) is 1.72. The smallest absolute Gasteiger partial charge is 0.230 e. The number of nitrogens with one attached hydrogen (secondary N) is 2. The third-order valence-corrected chi connectivity index (χ3v) is 3.79. The van der Waals surface area contributed by atoms with Crippen LogP contribution in [0.3, 0.4) is 0 Å². The summed E-state index contributed by atoms with van der Waals surface area (Å²) in [6.45, 7) is 1.35. The van der Waals surface area contributed by atoms with Crippen molar-refractivity contribution in [2.75, 3.05) is 18.4 Å². The topological polar surface area (TPSA) is 78.1 Å². The molecule has 6 nitrogen and oxygen atoms in total. The van der Waals surface area contributed by atoms with Crippen LogP contribution >= 0.6 is 0 Å². The maximum Gasteiger partial charge on any atom is 0.230 e. The van der Waals surface area contributed by atoms with E-state index in [9.17, 15) is 9.59 Å². The lowest BCUT2D eigenvalue weighted by atomic mass is 9.96. The predicted octanol–water partition coefficient (Wildman–Crippen LogP) is 0.997. The molecule has 1 atom stereocenters. The molecule has 19 heavy (non-hydrogen) atoms. The summed E-state index contributed by atoms with van der Waals surface area (Å²) in [5, 5.41) is 9.30. The van der Waals surface area contributed by atoms with Gasteiger partial charge in [-0.25, -0.2) is 0 Å². The van der Waals surface area contributed by atoms with Gasteiger partial charge in [0.15, 0.2) is 0 Å². The molecule has 0 aromatic carbocycles. The zero-order valence-electron chi connectivity index (χ0n) is 10.8. The molecular formula is C13H18N4O2. The summed E-state index contributed by atoms with van der Waals surface area (Å²) >= 11 is 0. The number of hydrogen-bond acceptors (Lipinski definition) is 3. The molecule has 1 saturated carbocycles. The quantitative estimate of drug-likeness (QED) is 0.853. The normalized spacial score (nSPS) is 23.2. The Labute approximate surface area is 111 Å². The van der Waals surface area contributed by atoms with E-state index in [0.717, 1.165) is 32.2 Å². The largest absolute Gasteiger partial charge is 0.342 e. The third kappa shape index (κ3) is 2.77. The fraction of sp³-hybridized carbons (Fsp3) is 0.615. The summed E-state index contributed by atoms with van der Waals surface area (Å²) in [5.74, 6) is 0.932. The van der Waals surface area contributed by atoms with Crippen LogP contribution in [0.15, 0.2) is 12.3 Å². The number of carbonyl (C=O) groups excluding carboxylic acids is 2. The van der Waals surface area contributed by atoms with Crippen LogP contribution in [0.25, 0.3) is 0 Å². The van der Waals surface area contributed by atoms with Crippen molar-refractivity contribution in [3.63, 3.8) is 0 Å². The molecule has 1 aliphatic heterocycles. The number of amides is 2. The summed E-state index contributed by atoms with van der Waals surface area (Å²) in [5.41, 5.74) is 0. The van der Waals surface area contributed by atoms with Gasteiger partial charge < -0.3 is 10.2 Å². The average Bonchev–Trinajstić information content (AvgIpc) is 3.17. The Bertz CT molecular complexity index is 467. The first kappa shape index (κ1) is 12.2. The lowest BCUT2D eigenvalue weighted by Crippen LogP contribution is -2.44. The predicted molar refractivity (Wildman–Crippen MR) is 69.2 cm³/mol. The first-order chi connectivity index (χ1) is 9.24. The van der Waals surface area contributed by atoms with Crippen molar-refractivity contribution >= 4 is 17.6 Å². The minimum absolute atomic E-state index is 0.0300.